The maximum absolute atomic E-state index is 12.6. The number of benzene rings is 1. The zero-order valence-corrected chi connectivity index (χ0v) is 6.18. The van der Waals surface area contributed by atoms with Crippen LogP contribution in [-0.2, 0) is 0 Å². The van der Waals surface area contributed by atoms with Gasteiger partial charge in [-0.2, -0.15) is 0 Å². The molecule has 0 fully saturated rings. The van der Waals surface area contributed by atoms with E-state index in [9.17, 15) is 4.39 Å². The first-order valence-corrected chi connectivity index (χ1v) is 3.19. The summed E-state index contributed by atoms with van der Waals surface area (Å²) in [7, 11) is 0.475. The van der Waals surface area contributed by atoms with Crippen LogP contribution in [-0.4, -0.2) is 12.7 Å². The van der Waals surface area contributed by atoms with Crippen LogP contribution >= 0.6 is 11.6 Å². The van der Waals surface area contributed by atoms with Crippen LogP contribution in [0.5, 0.6) is 5.75 Å². The van der Waals surface area contributed by atoms with Gasteiger partial charge < -0.3 is 9.68 Å². The van der Waals surface area contributed by atoms with Gasteiger partial charge in [0.15, 0.2) is 0 Å². The minimum Gasteiger partial charge on any atom is -0.537 e. The van der Waals surface area contributed by atoms with Crippen LogP contribution in [0, 0.1) is 5.82 Å². The fourth-order valence-electron chi connectivity index (χ4n) is 0.611. The van der Waals surface area contributed by atoms with Crippen molar-refractivity contribution in [3.8, 4) is 5.75 Å². The van der Waals surface area contributed by atoms with Crippen molar-refractivity contribution in [3.63, 3.8) is 0 Å². The summed E-state index contributed by atoms with van der Waals surface area (Å²) < 4.78 is 17.1. The summed E-state index contributed by atoms with van der Waals surface area (Å²) in [4.78, 5) is 0. The van der Waals surface area contributed by atoms with E-state index in [1.807, 2.05) is 0 Å². The molecule has 57 valence electrons. The molecular formula is C6H4BClFO2. The summed E-state index contributed by atoms with van der Waals surface area (Å²) in [6.45, 7) is 0. The first-order valence-electron chi connectivity index (χ1n) is 2.81. The van der Waals surface area contributed by atoms with Crippen molar-refractivity contribution in [2.24, 2.45) is 0 Å². The highest BCUT2D eigenvalue weighted by Crippen LogP contribution is 2.19. The number of hydrogen-bond acceptors (Lipinski definition) is 2. The molecular weight excluding hydrogens is 169 g/mol. The molecule has 0 aliphatic carbocycles. The quantitative estimate of drug-likeness (QED) is 0.685. The lowest BCUT2D eigenvalue weighted by Gasteiger charge is -2.00. The zero-order chi connectivity index (χ0) is 8.27. The molecule has 0 aliphatic rings. The predicted octanol–water partition coefficient (Wildman–Crippen LogP) is 1.38. The smallest absolute Gasteiger partial charge is 0.537 e. The molecule has 0 aliphatic heterocycles. The maximum atomic E-state index is 12.6. The molecule has 1 radical (unpaired) electrons. The second-order valence-corrected chi connectivity index (χ2v) is 2.21. The van der Waals surface area contributed by atoms with Gasteiger partial charge in [-0.15, -0.1) is 0 Å². The molecule has 1 aromatic rings. The Kier molecular flexibility index (Phi) is 2.73. The lowest BCUT2D eigenvalue weighted by Crippen LogP contribution is -1.99. The average Bonchev–Trinajstić information content (AvgIpc) is 1.98. The van der Waals surface area contributed by atoms with Gasteiger partial charge in [0.25, 0.3) is 0 Å². The highest BCUT2D eigenvalue weighted by Gasteiger charge is 2.00. The predicted molar refractivity (Wildman–Crippen MR) is 40.0 cm³/mol. The van der Waals surface area contributed by atoms with Gasteiger partial charge in [-0.25, -0.2) is 4.39 Å². The number of halogens is 2. The molecule has 0 saturated carbocycles. The molecule has 1 aromatic carbocycles. The van der Waals surface area contributed by atoms with Gasteiger partial charge in [0, 0.05) is 6.07 Å². The summed E-state index contributed by atoms with van der Waals surface area (Å²) in [6, 6.07) is 3.86. The standard InChI is InChI=1S/C6H4BClFO2/c8-5-2-1-4(11-7-10)3-6(5)9/h1-3,10H. The minimum absolute atomic E-state index is 0.0234. The fourth-order valence-corrected chi connectivity index (χ4v) is 0.729. The van der Waals surface area contributed by atoms with Crippen molar-refractivity contribution in [2.75, 3.05) is 0 Å². The van der Waals surface area contributed by atoms with Gasteiger partial charge in [0.1, 0.15) is 11.6 Å². The van der Waals surface area contributed by atoms with Crippen LogP contribution in [0.2, 0.25) is 5.02 Å². The SMILES string of the molecule is O[B]Oc1ccc(Cl)c(F)c1. The normalized spacial score (nSPS) is 9.36. The Hall–Kier alpha value is -0.735. The van der Waals surface area contributed by atoms with Crippen LogP contribution in [0.1, 0.15) is 0 Å². The van der Waals surface area contributed by atoms with Crippen LogP contribution < -0.4 is 4.65 Å². The van der Waals surface area contributed by atoms with Crippen molar-refractivity contribution in [2.45, 2.75) is 0 Å². The highest BCUT2D eigenvalue weighted by atomic mass is 35.5. The van der Waals surface area contributed by atoms with E-state index in [2.05, 4.69) is 4.65 Å². The van der Waals surface area contributed by atoms with E-state index in [-0.39, 0.29) is 10.8 Å². The Bertz CT molecular complexity index is 256. The third-order valence-corrected chi connectivity index (χ3v) is 1.39. The number of rotatable bonds is 2. The van der Waals surface area contributed by atoms with Gasteiger partial charge >= 0.3 is 7.69 Å². The largest absolute Gasteiger partial charge is 0.569 e. The van der Waals surface area contributed by atoms with E-state index in [1.165, 1.54) is 12.1 Å². The average molecular weight is 173 g/mol. The summed E-state index contributed by atoms with van der Waals surface area (Å²) in [5, 5.41) is 8.20. The van der Waals surface area contributed by atoms with Crippen LogP contribution in [0.3, 0.4) is 0 Å². The Morgan fingerprint density at radius 1 is 1.55 bits per heavy atom. The van der Waals surface area contributed by atoms with Gasteiger partial charge in [-0.1, -0.05) is 11.6 Å². The van der Waals surface area contributed by atoms with Crippen molar-refractivity contribution in [3.05, 3.63) is 29.0 Å². The molecule has 0 bridgehead atoms. The summed E-state index contributed by atoms with van der Waals surface area (Å²) in [5.74, 6) is -0.375. The summed E-state index contributed by atoms with van der Waals surface area (Å²) in [5.41, 5.74) is 0. The molecule has 0 atom stereocenters. The van der Waals surface area contributed by atoms with Gasteiger partial charge in [0.05, 0.1) is 5.02 Å². The first-order chi connectivity index (χ1) is 5.24. The van der Waals surface area contributed by atoms with E-state index in [1.54, 1.807) is 0 Å². The molecule has 0 unspecified atom stereocenters. The van der Waals surface area contributed by atoms with E-state index < -0.39 is 5.82 Å². The summed E-state index contributed by atoms with van der Waals surface area (Å²) >= 11 is 5.38. The van der Waals surface area contributed by atoms with Crippen LogP contribution in [0.15, 0.2) is 18.2 Å². The van der Waals surface area contributed by atoms with Crippen molar-refractivity contribution in [1.29, 1.82) is 0 Å². The van der Waals surface area contributed by atoms with Gasteiger partial charge in [-0.05, 0) is 12.1 Å². The first kappa shape index (κ1) is 8.36. The van der Waals surface area contributed by atoms with Gasteiger partial charge in [0.2, 0.25) is 0 Å². The topological polar surface area (TPSA) is 29.5 Å². The van der Waals surface area contributed by atoms with Crippen LogP contribution in [0.25, 0.3) is 0 Å². The molecule has 5 heteroatoms. The maximum Gasteiger partial charge on any atom is 0.569 e. The van der Waals surface area contributed by atoms with Crippen LogP contribution in [0.4, 0.5) is 4.39 Å². The Morgan fingerprint density at radius 2 is 2.27 bits per heavy atom. The van der Waals surface area contributed by atoms with E-state index in [0.717, 1.165) is 6.07 Å². The zero-order valence-electron chi connectivity index (χ0n) is 5.42. The van der Waals surface area contributed by atoms with Crippen molar-refractivity contribution < 1.29 is 14.1 Å². The molecule has 1 N–H and O–H groups in total. The molecule has 0 heterocycles. The fraction of sp³-hybridized carbons (Fsp3) is 0. The van der Waals surface area contributed by atoms with Gasteiger partial charge in [-0.3, -0.25) is 0 Å². The van der Waals surface area contributed by atoms with E-state index in [4.69, 9.17) is 16.6 Å². The molecule has 0 saturated heterocycles. The molecule has 0 aromatic heterocycles. The Balaban J connectivity index is 2.86. The minimum atomic E-state index is -0.578. The lowest BCUT2D eigenvalue weighted by molar-refractivity contribution is 0.451. The molecule has 1 rings (SSSR count). The molecule has 0 spiro atoms. The third kappa shape index (κ3) is 2.10. The molecule has 11 heavy (non-hydrogen) atoms. The summed E-state index contributed by atoms with van der Waals surface area (Å²) in [6.07, 6.45) is 0. The Morgan fingerprint density at radius 3 is 2.82 bits per heavy atom. The monoisotopic (exact) mass is 173 g/mol. The highest BCUT2D eigenvalue weighted by molar-refractivity contribution is 6.30. The number of hydrogen-bond donors (Lipinski definition) is 1. The second-order valence-electron chi connectivity index (χ2n) is 1.80. The molecule has 0 amide bonds. The Labute approximate surface area is 68.9 Å². The van der Waals surface area contributed by atoms with E-state index >= 15 is 0 Å². The molecule has 2 nitrogen and oxygen atoms in total. The second kappa shape index (κ2) is 3.60. The van der Waals surface area contributed by atoms with Crippen molar-refractivity contribution in [1.82, 2.24) is 0 Å². The van der Waals surface area contributed by atoms with E-state index in [0.29, 0.717) is 7.69 Å². The third-order valence-electron chi connectivity index (χ3n) is 1.08. The lowest BCUT2D eigenvalue weighted by atomic mass is 10.3. The van der Waals surface area contributed by atoms with Crippen molar-refractivity contribution >= 4 is 19.3 Å².